The quantitative estimate of drug-likeness (QED) is 0.504. The Morgan fingerprint density at radius 2 is 1.90 bits per heavy atom. The second-order valence-corrected chi connectivity index (χ2v) is 8.44. The molecule has 152 valence electrons. The van der Waals surface area contributed by atoms with Crippen LogP contribution in [0.3, 0.4) is 0 Å². The van der Waals surface area contributed by atoms with Gasteiger partial charge in [0.1, 0.15) is 29.6 Å². The van der Waals surface area contributed by atoms with E-state index in [-0.39, 0.29) is 17.5 Å². The van der Waals surface area contributed by atoms with E-state index in [2.05, 4.69) is 5.32 Å². The number of hydrogen-bond acceptors (Lipinski definition) is 7. The highest BCUT2D eigenvalue weighted by Gasteiger charge is 2.38. The predicted molar refractivity (Wildman–Crippen MR) is 120 cm³/mol. The molecule has 7 nitrogen and oxygen atoms in total. The maximum atomic E-state index is 12.7. The molecule has 0 aliphatic carbocycles. The van der Waals surface area contributed by atoms with Crippen molar-refractivity contribution in [3.05, 3.63) is 53.0 Å². The van der Waals surface area contributed by atoms with E-state index in [9.17, 15) is 4.79 Å². The van der Waals surface area contributed by atoms with Crippen LogP contribution in [0.5, 0.6) is 0 Å². The minimum Gasteiger partial charge on any atom is -0.378 e. The van der Waals surface area contributed by atoms with Gasteiger partial charge in [-0.1, -0.05) is 12.1 Å². The van der Waals surface area contributed by atoms with E-state index in [1.54, 1.807) is 16.8 Å². The molecule has 0 radical (unpaired) electrons. The average Bonchev–Trinajstić information content (AvgIpc) is 3.36. The van der Waals surface area contributed by atoms with Gasteiger partial charge in [0.2, 0.25) is 0 Å². The number of hydrogen-bond donors (Lipinski definition) is 1. The van der Waals surface area contributed by atoms with Gasteiger partial charge in [0, 0.05) is 30.2 Å². The second kappa shape index (κ2) is 8.02. The van der Waals surface area contributed by atoms with Crippen molar-refractivity contribution in [1.82, 2.24) is 4.98 Å². The molecule has 3 aromatic rings. The van der Waals surface area contributed by atoms with E-state index in [1.807, 2.05) is 74.5 Å². The van der Waals surface area contributed by atoms with Gasteiger partial charge in [-0.2, -0.15) is 15.1 Å². The second-order valence-electron chi connectivity index (χ2n) is 7.32. The zero-order chi connectivity index (χ0) is 22.1. The van der Waals surface area contributed by atoms with Gasteiger partial charge in [-0.3, -0.25) is 5.32 Å². The monoisotopic (exact) mass is 427 g/mol. The zero-order valence-corrected chi connectivity index (χ0v) is 18.1. The van der Waals surface area contributed by atoms with Gasteiger partial charge in [-0.15, -0.1) is 11.3 Å². The molecule has 4 rings (SSSR count). The number of benzene rings is 1. The number of nitrogens with zero attached hydrogens (tertiary/aromatic N) is 5. The van der Waals surface area contributed by atoms with Gasteiger partial charge >= 0.3 is 11.7 Å². The van der Waals surface area contributed by atoms with Crippen LogP contribution in [0.25, 0.3) is 27.9 Å². The molecule has 1 aliphatic rings. The van der Waals surface area contributed by atoms with Gasteiger partial charge in [0.15, 0.2) is 11.7 Å². The summed E-state index contributed by atoms with van der Waals surface area (Å²) in [6.45, 7) is 1.82. The Kier molecular flexibility index (Phi) is 5.24. The van der Waals surface area contributed by atoms with Gasteiger partial charge < -0.3 is 4.90 Å². The molecule has 1 aliphatic heterocycles. The molecule has 0 amide bonds. The number of carbonyl (C=O) groups excluding carboxylic acids is 1. The summed E-state index contributed by atoms with van der Waals surface area (Å²) in [6.07, 6.45) is 3.31. The van der Waals surface area contributed by atoms with Crippen LogP contribution < -0.4 is 14.8 Å². The van der Waals surface area contributed by atoms with Crippen LogP contribution in [0, 0.1) is 22.7 Å². The van der Waals surface area contributed by atoms with Crippen molar-refractivity contribution in [3.8, 4) is 34.0 Å². The molecule has 1 atom stereocenters. The van der Waals surface area contributed by atoms with Crippen LogP contribution in [0.4, 0.5) is 11.5 Å². The van der Waals surface area contributed by atoms with Gasteiger partial charge in [-0.25, -0.2) is 9.78 Å². The van der Waals surface area contributed by atoms with Gasteiger partial charge in [0.25, 0.3) is 0 Å². The Bertz CT molecular complexity index is 1280. The summed E-state index contributed by atoms with van der Waals surface area (Å²) in [7, 11) is 3.96. The fraction of sp³-hybridized carbons (Fsp3) is 0.174. The first-order valence-electron chi connectivity index (χ1n) is 9.58. The Morgan fingerprint density at radius 3 is 2.55 bits per heavy atom. The number of nitrogens with one attached hydrogen (secondary N) is 1. The number of fused-ring (bicyclic) bond motifs is 1. The Labute approximate surface area is 184 Å². The summed E-state index contributed by atoms with van der Waals surface area (Å²) in [4.78, 5) is 21.2. The van der Waals surface area contributed by atoms with Gasteiger partial charge in [-0.05, 0) is 37.3 Å². The first-order valence-corrected chi connectivity index (χ1v) is 10.4. The lowest BCUT2D eigenvalue weighted by Gasteiger charge is -2.12. The molecule has 0 saturated carbocycles. The molecular formula is C23H19N6OS+. The van der Waals surface area contributed by atoms with Crippen LogP contribution in [0.2, 0.25) is 0 Å². The van der Waals surface area contributed by atoms with E-state index >= 15 is 0 Å². The number of carbonyl (C=O) groups is 1. The summed E-state index contributed by atoms with van der Waals surface area (Å²) >= 11 is 1.41. The van der Waals surface area contributed by atoms with Crippen LogP contribution in [0.1, 0.15) is 16.6 Å². The lowest BCUT2D eigenvalue weighted by atomic mass is 10.1. The topological polar surface area (TPSA) is 96.7 Å². The highest BCUT2D eigenvalue weighted by atomic mass is 32.1. The zero-order valence-electron chi connectivity index (χ0n) is 17.2. The maximum absolute atomic E-state index is 12.7. The maximum Gasteiger partial charge on any atom is 0.358 e. The van der Waals surface area contributed by atoms with Crippen molar-refractivity contribution in [2.45, 2.75) is 13.0 Å². The first-order chi connectivity index (χ1) is 14.9. The third-order valence-corrected chi connectivity index (χ3v) is 6.02. The van der Waals surface area contributed by atoms with E-state index in [1.165, 1.54) is 11.3 Å². The van der Waals surface area contributed by atoms with E-state index in [4.69, 9.17) is 15.5 Å². The molecule has 2 aromatic heterocycles. The highest BCUT2D eigenvalue weighted by Crippen LogP contribution is 2.34. The van der Waals surface area contributed by atoms with Crippen molar-refractivity contribution < 1.29 is 9.36 Å². The lowest BCUT2D eigenvalue weighted by Crippen LogP contribution is -2.42. The van der Waals surface area contributed by atoms with E-state index < -0.39 is 0 Å². The van der Waals surface area contributed by atoms with Crippen LogP contribution in [-0.4, -0.2) is 31.0 Å². The van der Waals surface area contributed by atoms with Crippen molar-refractivity contribution in [2.75, 3.05) is 24.3 Å². The lowest BCUT2D eigenvalue weighted by molar-refractivity contribution is -0.551. The third-order valence-electron chi connectivity index (χ3n) is 4.98. The molecule has 0 bridgehead atoms. The molecule has 3 heterocycles. The molecule has 0 fully saturated rings. The number of thiophene rings is 1. The predicted octanol–water partition coefficient (Wildman–Crippen LogP) is 3.72. The standard InChI is InChI=1S/C23H18N6OS/c1-14-23(30)29-13-19(16-4-6-17(7-5-16)28(2)3)27-21(22(29)26-14)20-9-8-18(31-20)10-15(11-24)12-25/h4-10,13-14H,1-3H3/p+1. The molecular weight excluding hydrogens is 408 g/mol. The SMILES string of the molecule is CC1Nc2c(-c3ccc(C=C(C#N)C#N)s3)nc(-c3ccc(N(C)C)cc3)c[n+]2C1=O. The Morgan fingerprint density at radius 1 is 1.19 bits per heavy atom. The summed E-state index contributed by atoms with van der Waals surface area (Å²) < 4.78 is 1.62. The number of anilines is 2. The molecule has 1 unspecified atom stereocenters. The molecule has 31 heavy (non-hydrogen) atoms. The fourth-order valence-corrected chi connectivity index (χ4v) is 4.26. The third kappa shape index (κ3) is 3.77. The molecule has 1 aromatic carbocycles. The Hall–Kier alpha value is -4.01. The van der Waals surface area contributed by atoms with Crippen molar-refractivity contribution in [3.63, 3.8) is 0 Å². The number of rotatable bonds is 4. The summed E-state index contributed by atoms with van der Waals surface area (Å²) in [6, 6.07) is 15.1. The number of allylic oxidation sites excluding steroid dienone is 1. The molecule has 0 saturated heterocycles. The molecule has 8 heteroatoms. The van der Waals surface area contributed by atoms with Crippen molar-refractivity contribution in [1.29, 1.82) is 10.5 Å². The first kappa shape index (κ1) is 20.3. The summed E-state index contributed by atoms with van der Waals surface area (Å²) in [5.74, 6) is 0.599. The number of nitriles is 2. The van der Waals surface area contributed by atoms with E-state index in [0.29, 0.717) is 17.2 Å². The molecule has 0 spiro atoms. The van der Waals surface area contributed by atoms with Crippen molar-refractivity contribution in [2.24, 2.45) is 0 Å². The summed E-state index contributed by atoms with van der Waals surface area (Å²) in [5, 5.41) is 21.2. The minimum atomic E-state index is -0.352. The number of aromatic nitrogens is 2. The fourth-order valence-electron chi connectivity index (χ4n) is 3.32. The largest absolute Gasteiger partial charge is 0.378 e. The normalized spacial score (nSPS) is 14.2. The van der Waals surface area contributed by atoms with Gasteiger partial charge in [0.05, 0.1) is 4.88 Å². The molecule has 1 N–H and O–H groups in total. The highest BCUT2D eigenvalue weighted by molar-refractivity contribution is 7.16. The Balaban J connectivity index is 1.84. The van der Waals surface area contributed by atoms with Crippen LogP contribution >= 0.6 is 11.3 Å². The van der Waals surface area contributed by atoms with Crippen LogP contribution in [0.15, 0.2) is 48.2 Å². The van der Waals surface area contributed by atoms with Crippen molar-refractivity contribution >= 4 is 34.8 Å². The minimum absolute atomic E-state index is 0.0395. The average molecular weight is 428 g/mol. The van der Waals surface area contributed by atoms with E-state index in [0.717, 1.165) is 21.0 Å². The van der Waals surface area contributed by atoms with Crippen LogP contribution in [-0.2, 0) is 0 Å². The smallest absolute Gasteiger partial charge is 0.358 e. The summed E-state index contributed by atoms with van der Waals surface area (Å²) in [5.41, 5.74) is 3.37.